The molecule has 1 aromatic carbocycles. The van der Waals surface area contributed by atoms with Gasteiger partial charge in [-0.1, -0.05) is 11.6 Å². The van der Waals surface area contributed by atoms with Crippen molar-refractivity contribution in [1.82, 2.24) is 9.62 Å². The van der Waals surface area contributed by atoms with E-state index in [0.717, 1.165) is 0 Å². The third kappa shape index (κ3) is 3.73. The van der Waals surface area contributed by atoms with Gasteiger partial charge in [0, 0.05) is 38.3 Å². The molecule has 0 radical (unpaired) electrons. The van der Waals surface area contributed by atoms with Crippen LogP contribution in [-0.4, -0.2) is 53.1 Å². The molecule has 1 heterocycles. The Morgan fingerprint density at radius 3 is 2.19 bits per heavy atom. The smallest absolute Gasteiger partial charge is 0.244 e. The summed E-state index contributed by atoms with van der Waals surface area (Å²) >= 11 is 6.08. The molecule has 2 rings (SSSR count). The first-order valence-corrected chi connectivity index (χ1v) is 7.95. The van der Waals surface area contributed by atoms with Crippen LogP contribution in [0, 0.1) is 0 Å². The molecule has 0 bridgehead atoms. The Labute approximate surface area is 135 Å². The van der Waals surface area contributed by atoms with Gasteiger partial charge >= 0.3 is 0 Å². The molecule has 1 fully saturated rings. The molecule has 120 valence electrons. The molecule has 0 saturated carbocycles. The van der Waals surface area contributed by atoms with Crippen LogP contribution in [0.5, 0.6) is 11.5 Å². The molecule has 1 saturated heterocycles. The third-order valence-electron chi connectivity index (χ3n) is 3.13. The predicted octanol–water partition coefficient (Wildman–Crippen LogP) is 1.37. The van der Waals surface area contributed by atoms with Gasteiger partial charge in [-0.15, -0.1) is 12.4 Å². The summed E-state index contributed by atoms with van der Waals surface area (Å²) in [5.74, 6) is 0.738. The van der Waals surface area contributed by atoms with Crippen LogP contribution in [0.1, 0.15) is 0 Å². The average molecular weight is 357 g/mol. The predicted molar refractivity (Wildman–Crippen MR) is 83.4 cm³/mol. The lowest BCUT2D eigenvalue weighted by atomic mass is 10.3. The van der Waals surface area contributed by atoms with Crippen LogP contribution in [-0.2, 0) is 10.0 Å². The first-order valence-electron chi connectivity index (χ1n) is 6.13. The SMILES string of the molecule is COc1cc(Cl)c(S(=O)(=O)N2CCNCC2)cc1OC.Cl. The van der Waals surface area contributed by atoms with Gasteiger partial charge in [0.25, 0.3) is 0 Å². The van der Waals surface area contributed by atoms with Gasteiger partial charge in [-0.2, -0.15) is 4.31 Å². The van der Waals surface area contributed by atoms with E-state index in [-0.39, 0.29) is 22.3 Å². The number of halogens is 2. The Hall–Kier alpha value is -0.730. The third-order valence-corrected chi connectivity index (χ3v) is 5.50. The minimum atomic E-state index is -3.62. The lowest BCUT2D eigenvalue weighted by molar-refractivity contribution is 0.351. The number of hydrogen-bond donors (Lipinski definition) is 1. The number of nitrogens with one attached hydrogen (secondary N) is 1. The van der Waals surface area contributed by atoms with E-state index in [9.17, 15) is 8.42 Å². The van der Waals surface area contributed by atoms with Gasteiger partial charge in [-0.3, -0.25) is 0 Å². The Morgan fingerprint density at radius 2 is 1.67 bits per heavy atom. The molecule has 21 heavy (non-hydrogen) atoms. The zero-order valence-electron chi connectivity index (χ0n) is 11.8. The van der Waals surface area contributed by atoms with E-state index in [1.54, 1.807) is 0 Å². The van der Waals surface area contributed by atoms with E-state index in [1.165, 1.54) is 30.7 Å². The van der Waals surface area contributed by atoms with Crippen molar-refractivity contribution in [2.75, 3.05) is 40.4 Å². The maximum absolute atomic E-state index is 12.6. The van der Waals surface area contributed by atoms with Gasteiger partial charge in [0.1, 0.15) is 4.90 Å². The van der Waals surface area contributed by atoms with Crippen LogP contribution < -0.4 is 14.8 Å². The molecule has 1 aliphatic heterocycles. The summed E-state index contributed by atoms with van der Waals surface area (Å²) in [6.45, 7) is 2.11. The second-order valence-electron chi connectivity index (χ2n) is 4.29. The fourth-order valence-electron chi connectivity index (χ4n) is 2.06. The lowest BCUT2D eigenvalue weighted by Gasteiger charge is -2.27. The number of benzene rings is 1. The van der Waals surface area contributed by atoms with Crippen LogP contribution in [0.15, 0.2) is 17.0 Å². The topological polar surface area (TPSA) is 67.9 Å². The zero-order valence-corrected chi connectivity index (χ0v) is 14.1. The molecule has 6 nitrogen and oxygen atoms in total. The molecule has 0 aromatic heterocycles. The van der Waals surface area contributed by atoms with Crippen LogP contribution in [0.25, 0.3) is 0 Å². The monoisotopic (exact) mass is 356 g/mol. The van der Waals surface area contributed by atoms with Crippen molar-refractivity contribution in [3.05, 3.63) is 17.2 Å². The van der Waals surface area contributed by atoms with E-state index in [1.807, 2.05) is 0 Å². The highest BCUT2D eigenvalue weighted by molar-refractivity contribution is 7.89. The highest BCUT2D eigenvalue weighted by Gasteiger charge is 2.29. The Bertz CT molecular complexity index is 589. The quantitative estimate of drug-likeness (QED) is 0.882. The highest BCUT2D eigenvalue weighted by Crippen LogP contribution is 2.36. The number of sulfonamides is 1. The Balaban J connectivity index is 0.00000220. The second-order valence-corrected chi connectivity index (χ2v) is 6.61. The first-order chi connectivity index (χ1) is 9.50. The molecule has 0 amide bonds. The molecule has 9 heteroatoms. The van der Waals surface area contributed by atoms with Gasteiger partial charge in [0.05, 0.1) is 19.2 Å². The van der Waals surface area contributed by atoms with E-state index in [0.29, 0.717) is 37.7 Å². The minimum Gasteiger partial charge on any atom is -0.493 e. The van der Waals surface area contributed by atoms with E-state index >= 15 is 0 Å². The molecule has 0 aliphatic carbocycles. The van der Waals surface area contributed by atoms with Crippen LogP contribution in [0.3, 0.4) is 0 Å². The first kappa shape index (κ1) is 18.3. The summed E-state index contributed by atoms with van der Waals surface area (Å²) in [7, 11) is -0.702. The van der Waals surface area contributed by atoms with E-state index in [2.05, 4.69) is 5.32 Å². The van der Waals surface area contributed by atoms with Gasteiger partial charge in [-0.25, -0.2) is 8.42 Å². The molecule has 1 aromatic rings. The van der Waals surface area contributed by atoms with Gasteiger partial charge < -0.3 is 14.8 Å². The van der Waals surface area contributed by atoms with E-state index in [4.69, 9.17) is 21.1 Å². The summed E-state index contributed by atoms with van der Waals surface area (Å²) in [5, 5.41) is 3.24. The Kier molecular flexibility index (Phi) is 6.55. The number of piperazine rings is 1. The minimum absolute atomic E-state index is 0. The molecule has 0 unspecified atom stereocenters. The second kappa shape index (κ2) is 7.51. The largest absolute Gasteiger partial charge is 0.493 e. The van der Waals surface area contributed by atoms with Gasteiger partial charge in [0.2, 0.25) is 10.0 Å². The van der Waals surface area contributed by atoms with Gasteiger partial charge in [0.15, 0.2) is 11.5 Å². The standard InChI is InChI=1S/C12H17ClN2O4S.ClH/c1-18-10-7-9(13)12(8-11(10)19-2)20(16,17)15-5-3-14-4-6-15;/h7-8,14H,3-6H2,1-2H3;1H. The van der Waals surface area contributed by atoms with Gasteiger partial charge in [-0.05, 0) is 0 Å². The molecule has 1 N–H and O–H groups in total. The summed E-state index contributed by atoms with van der Waals surface area (Å²) in [6.07, 6.45) is 0. The summed E-state index contributed by atoms with van der Waals surface area (Å²) < 4.78 is 36.8. The average Bonchev–Trinajstić information content (AvgIpc) is 2.47. The number of rotatable bonds is 4. The molecule has 0 spiro atoms. The van der Waals surface area contributed by atoms with E-state index < -0.39 is 10.0 Å². The van der Waals surface area contributed by atoms with Crippen molar-refractivity contribution in [2.24, 2.45) is 0 Å². The fourth-order valence-corrected chi connectivity index (χ4v) is 4.01. The molecule has 0 atom stereocenters. The lowest BCUT2D eigenvalue weighted by Crippen LogP contribution is -2.46. The van der Waals surface area contributed by atoms with Crippen molar-refractivity contribution in [3.8, 4) is 11.5 Å². The number of ether oxygens (including phenoxy) is 2. The van der Waals surface area contributed by atoms with Crippen LogP contribution >= 0.6 is 24.0 Å². The van der Waals surface area contributed by atoms with Crippen molar-refractivity contribution in [3.63, 3.8) is 0 Å². The summed E-state index contributed by atoms with van der Waals surface area (Å²) in [5.41, 5.74) is 0. The Morgan fingerprint density at radius 1 is 1.14 bits per heavy atom. The zero-order chi connectivity index (χ0) is 14.8. The molecule has 1 aliphatic rings. The number of hydrogen-bond acceptors (Lipinski definition) is 5. The maximum atomic E-state index is 12.6. The summed E-state index contributed by atoms with van der Waals surface area (Å²) in [6, 6.07) is 2.86. The molecular weight excluding hydrogens is 339 g/mol. The maximum Gasteiger partial charge on any atom is 0.244 e. The number of nitrogens with zero attached hydrogens (tertiary/aromatic N) is 1. The van der Waals surface area contributed by atoms with Crippen molar-refractivity contribution in [1.29, 1.82) is 0 Å². The van der Waals surface area contributed by atoms with Crippen LogP contribution in [0.4, 0.5) is 0 Å². The van der Waals surface area contributed by atoms with Crippen molar-refractivity contribution >= 4 is 34.0 Å². The number of methoxy groups -OCH3 is 2. The van der Waals surface area contributed by atoms with Crippen molar-refractivity contribution < 1.29 is 17.9 Å². The van der Waals surface area contributed by atoms with Crippen LogP contribution in [0.2, 0.25) is 5.02 Å². The molecular formula is C12H18Cl2N2O4S. The fraction of sp³-hybridized carbons (Fsp3) is 0.500. The summed E-state index contributed by atoms with van der Waals surface area (Å²) in [4.78, 5) is 0.0405. The highest BCUT2D eigenvalue weighted by atomic mass is 35.5. The normalized spacial score (nSPS) is 16.1. The van der Waals surface area contributed by atoms with Crippen molar-refractivity contribution in [2.45, 2.75) is 4.90 Å².